The summed E-state index contributed by atoms with van der Waals surface area (Å²) in [4.78, 5) is 32.1. The lowest BCUT2D eigenvalue weighted by Gasteiger charge is -2.17. The Morgan fingerprint density at radius 3 is 1.65 bits per heavy atom. The first-order chi connectivity index (χ1) is 22.7. The van der Waals surface area contributed by atoms with Gasteiger partial charge in [-0.25, -0.2) is 9.97 Å². The molecule has 0 aliphatic rings. The Morgan fingerprint density at radius 1 is 0.750 bits per heavy atom. The zero-order chi connectivity index (χ0) is 33.3. The number of nitro groups is 2. The molecule has 248 valence electrons. The predicted octanol–water partition coefficient (Wildman–Crippen LogP) is 8.50. The highest BCUT2D eigenvalue weighted by molar-refractivity contribution is 8.93. The van der Waals surface area contributed by atoms with Gasteiger partial charge in [-0.1, -0.05) is 36.4 Å². The summed E-state index contributed by atoms with van der Waals surface area (Å²) in [6.07, 6.45) is 1.18. The number of thiazole rings is 2. The summed E-state index contributed by atoms with van der Waals surface area (Å²) in [5.74, 6) is 0. The second kappa shape index (κ2) is 17.4. The number of aromatic nitrogens is 2. The van der Waals surface area contributed by atoms with Gasteiger partial charge in [-0.2, -0.15) is 0 Å². The number of nitro benzene ring substituents is 2. The van der Waals surface area contributed by atoms with Gasteiger partial charge in [0.25, 0.3) is 11.4 Å². The van der Waals surface area contributed by atoms with Crippen molar-refractivity contribution in [3.63, 3.8) is 0 Å². The van der Waals surface area contributed by atoms with E-state index in [1.54, 1.807) is 69.6 Å². The van der Waals surface area contributed by atoms with Gasteiger partial charge in [0.15, 0.2) is 5.11 Å². The Morgan fingerprint density at radius 2 is 1.21 bits per heavy atom. The van der Waals surface area contributed by atoms with Crippen molar-refractivity contribution >= 4 is 91.0 Å². The molecule has 6 rings (SSSR count). The maximum atomic E-state index is 10.8. The van der Waals surface area contributed by atoms with Crippen LogP contribution in [0.3, 0.4) is 0 Å². The van der Waals surface area contributed by atoms with E-state index in [2.05, 4.69) is 10.3 Å². The molecular weight excluding hydrogens is 775 g/mol. The molecular formula is C31H28BrN7O4S5. The quantitative estimate of drug-likeness (QED) is 0.0654. The van der Waals surface area contributed by atoms with E-state index in [-0.39, 0.29) is 45.6 Å². The number of nitrogens with two attached hydrogens (primary N) is 2. The zero-order valence-electron chi connectivity index (χ0n) is 24.8. The molecule has 0 unspecified atom stereocenters. The van der Waals surface area contributed by atoms with Gasteiger partial charge < -0.3 is 16.8 Å². The predicted molar refractivity (Wildman–Crippen MR) is 204 cm³/mol. The van der Waals surface area contributed by atoms with Crippen LogP contribution in [0.15, 0.2) is 94.3 Å². The normalized spacial score (nSPS) is 11.8. The summed E-state index contributed by atoms with van der Waals surface area (Å²) in [6, 6.07) is 20.6. The van der Waals surface area contributed by atoms with Crippen LogP contribution >= 0.6 is 74.5 Å². The molecule has 0 saturated carbocycles. The fraction of sp³-hybridized carbons (Fsp3) is 0.129. The highest BCUT2D eigenvalue weighted by Crippen LogP contribution is 2.32. The third-order valence-electron chi connectivity index (χ3n) is 6.75. The van der Waals surface area contributed by atoms with Crippen LogP contribution < -0.4 is 16.8 Å². The molecule has 4 aromatic heterocycles. The lowest BCUT2D eigenvalue weighted by Crippen LogP contribution is -2.34. The largest absolute Gasteiger partial charge is 0.376 e. The second-order valence-corrected chi connectivity index (χ2v) is 14.1. The number of thiophene rings is 2. The van der Waals surface area contributed by atoms with E-state index in [9.17, 15) is 20.2 Å². The van der Waals surface area contributed by atoms with Crippen LogP contribution in [0.25, 0.3) is 19.8 Å². The van der Waals surface area contributed by atoms with E-state index in [0.29, 0.717) is 12.8 Å². The third kappa shape index (κ3) is 10.0. The molecule has 48 heavy (non-hydrogen) atoms. The van der Waals surface area contributed by atoms with Crippen molar-refractivity contribution in [3.8, 4) is 19.8 Å². The fourth-order valence-corrected chi connectivity index (χ4v) is 7.96. The molecule has 0 amide bonds. The van der Waals surface area contributed by atoms with Crippen molar-refractivity contribution < 1.29 is 9.85 Å². The van der Waals surface area contributed by atoms with Gasteiger partial charge in [0.2, 0.25) is 0 Å². The smallest absolute Gasteiger partial charge is 0.269 e. The minimum Gasteiger partial charge on any atom is -0.376 e. The van der Waals surface area contributed by atoms with E-state index in [0.717, 1.165) is 42.3 Å². The maximum absolute atomic E-state index is 10.8. The Hall–Kier alpha value is -3.97. The van der Waals surface area contributed by atoms with Crippen LogP contribution in [0.4, 0.5) is 11.4 Å². The Kier molecular flexibility index (Phi) is 13.4. The number of non-ortho nitro benzene ring substituents is 2. The average molecular weight is 803 g/mol. The average Bonchev–Trinajstić information content (AvgIpc) is 3.88. The minimum absolute atomic E-state index is 0. The number of thiocarbonyl (C=S) groups is 1. The summed E-state index contributed by atoms with van der Waals surface area (Å²) in [7, 11) is 0. The van der Waals surface area contributed by atoms with Crippen LogP contribution in [-0.2, 0) is 12.8 Å². The zero-order valence-corrected chi connectivity index (χ0v) is 30.6. The van der Waals surface area contributed by atoms with Crippen LogP contribution in [0.5, 0.6) is 0 Å². The number of benzene rings is 2. The van der Waals surface area contributed by atoms with Crippen LogP contribution in [-0.4, -0.2) is 24.9 Å². The van der Waals surface area contributed by atoms with Crippen molar-refractivity contribution in [2.75, 3.05) is 0 Å². The number of nitrogens with one attached hydrogen (secondary N) is 1. The number of hydrogen-bond donors (Lipinski definition) is 3. The van der Waals surface area contributed by atoms with Crippen molar-refractivity contribution in [2.24, 2.45) is 11.5 Å². The summed E-state index contributed by atoms with van der Waals surface area (Å²) >= 11 is 11.4. The summed E-state index contributed by atoms with van der Waals surface area (Å²) < 4.78 is 0. The van der Waals surface area contributed by atoms with Crippen LogP contribution in [0.1, 0.15) is 34.6 Å². The third-order valence-corrected chi connectivity index (χ3v) is 10.7. The topological polar surface area (TPSA) is 176 Å². The minimum atomic E-state index is -0.414. The first kappa shape index (κ1) is 36.9. The molecule has 2 atom stereocenters. The van der Waals surface area contributed by atoms with Gasteiger partial charge in [0, 0.05) is 35.0 Å². The molecule has 11 nitrogen and oxygen atoms in total. The first-order valence-corrected chi connectivity index (χ1v) is 17.9. The van der Waals surface area contributed by atoms with Crippen LogP contribution in [0, 0.1) is 20.2 Å². The number of hydrogen-bond acceptors (Lipinski definition) is 12. The summed E-state index contributed by atoms with van der Waals surface area (Å²) in [5.41, 5.74) is 15.6. The first-order valence-electron chi connectivity index (χ1n) is 13.9. The lowest BCUT2D eigenvalue weighted by atomic mass is 10.0. The second-order valence-electron chi connectivity index (χ2n) is 10.0. The van der Waals surface area contributed by atoms with Gasteiger partial charge in [0.1, 0.15) is 10.0 Å². The van der Waals surface area contributed by atoms with Gasteiger partial charge >= 0.3 is 0 Å². The van der Waals surface area contributed by atoms with Crippen molar-refractivity contribution in [3.05, 3.63) is 137 Å². The molecule has 0 aliphatic carbocycles. The molecule has 0 aliphatic heterocycles. The molecule has 0 radical (unpaired) electrons. The van der Waals surface area contributed by atoms with Crippen LogP contribution in [0.2, 0.25) is 0 Å². The molecule has 2 aromatic carbocycles. The molecule has 0 saturated heterocycles. The highest BCUT2D eigenvalue weighted by atomic mass is 79.9. The van der Waals surface area contributed by atoms with Gasteiger partial charge in [-0.05, 0) is 59.1 Å². The fourth-order valence-electron chi connectivity index (χ4n) is 4.43. The Bertz CT molecular complexity index is 1930. The molecule has 0 bridgehead atoms. The van der Waals surface area contributed by atoms with E-state index < -0.39 is 9.85 Å². The summed E-state index contributed by atoms with van der Waals surface area (Å²) in [5, 5.41) is 34.6. The number of halogens is 1. The highest BCUT2D eigenvalue weighted by Gasteiger charge is 2.18. The number of rotatable bonds is 11. The molecule has 0 fully saturated rings. The van der Waals surface area contributed by atoms with E-state index >= 15 is 0 Å². The Labute approximate surface area is 307 Å². The van der Waals surface area contributed by atoms with Crippen molar-refractivity contribution in [1.82, 2.24) is 15.3 Å². The molecule has 4 heterocycles. The Balaban J connectivity index is 0.000000214. The molecule has 0 spiro atoms. The van der Waals surface area contributed by atoms with Crippen molar-refractivity contribution in [1.29, 1.82) is 0 Å². The molecule has 5 N–H and O–H groups in total. The van der Waals surface area contributed by atoms with Gasteiger partial charge in [-0.15, -0.1) is 62.3 Å². The van der Waals surface area contributed by atoms with E-state index in [4.69, 9.17) is 28.7 Å². The summed E-state index contributed by atoms with van der Waals surface area (Å²) in [6.45, 7) is 0. The van der Waals surface area contributed by atoms with E-state index in [1.807, 2.05) is 45.8 Å². The van der Waals surface area contributed by atoms with E-state index in [1.165, 1.54) is 24.3 Å². The SMILES string of the molecule is Br.NC(=S)N[C@@H](Cc1ccc([N+](=O)[O-])cc1)c1csc(-c2cccs2)n1.N[C@@H](Cc1ccc([N+](=O)[O-])cc1)c1csc(-c2cccs2)n1. The lowest BCUT2D eigenvalue weighted by molar-refractivity contribution is -0.385. The maximum Gasteiger partial charge on any atom is 0.269 e. The number of nitrogens with zero attached hydrogens (tertiary/aromatic N) is 4. The standard InChI is InChI=1S/C16H14N4O2S3.C15H13N3O2S2.BrH/c17-16(23)19-12(8-10-3-5-11(6-4-10)20(21)22)13-9-25-15(18-13)14-2-1-7-24-14;16-12(8-10-3-5-11(6-4-10)18(19)20)13-9-22-15(17-13)14-2-1-7-21-14;/h1-7,9,12H,8H2,(H3,17,19,23);1-7,9,12H,8,16H2;1H/t2*12-;/m00./s1. The van der Waals surface area contributed by atoms with Crippen molar-refractivity contribution in [2.45, 2.75) is 24.9 Å². The monoisotopic (exact) mass is 801 g/mol. The van der Waals surface area contributed by atoms with Gasteiger partial charge in [0.05, 0.1) is 43.1 Å². The van der Waals surface area contributed by atoms with Gasteiger partial charge in [-0.3, -0.25) is 20.2 Å². The molecule has 6 aromatic rings. The molecule has 17 heteroatoms.